The average molecular weight is 534 g/mol. The minimum absolute atomic E-state index is 0.194. The maximum absolute atomic E-state index is 14.9. The molecular formula is C26H23F5N4O3. The van der Waals surface area contributed by atoms with Crippen molar-refractivity contribution in [2.45, 2.75) is 56.0 Å². The van der Waals surface area contributed by atoms with Gasteiger partial charge in [0.2, 0.25) is 17.7 Å². The summed E-state index contributed by atoms with van der Waals surface area (Å²) in [5.41, 5.74) is 1.75. The number of hydrogen-bond acceptors (Lipinski definition) is 5. The second-order valence-corrected chi connectivity index (χ2v) is 9.48. The molecular weight excluding hydrogens is 511 g/mol. The largest absolute Gasteiger partial charge is 0.470 e. The van der Waals surface area contributed by atoms with Gasteiger partial charge in [0.15, 0.2) is 0 Å². The lowest BCUT2D eigenvalue weighted by Gasteiger charge is -2.27. The predicted molar refractivity (Wildman–Crippen MR) is 123 cm³/mol. The van der Waals surface area contributed by atoms with Crippen LogP contribution in [0.15, 0.2) is 52.9 Å². The topological polar surface area (TPSA) is 88.3 Å². The molecule has 38 heavy (non-hydrogen) atoms. The van der Waals surface area contributed by atoms with Gasteiger partial charge in [0.25, 0.3) is 0 Å². The minimum atomic E-state index is -4.88. The first-order valence-electron chi connectivity index (χ1n) is 12.1. The fourth-order valence-corrected chi connectivity index (χ4v) is 4.67. The Morgan fingerprint density at radius 1 is 1.08 bits per heavy atom. The van der Waals surface area contributed by atoms with Crippen LogP contribution in [0.2, 0.25) is 0 Å². The molecule has 1 aliphatic carbocycles. The van der Waals surface area contributed by atoms with Crippen molar-refractivity contribution in [1.29, 1.82) is 0 Å². The van der Waals surface area contributed by atoms with Crippen LogP contribution >= 0.6 is 0 Å². The number of amides is 2. The Kier molecular flexibility index (Phi) is 6.89. The van der Waals surface area contributed by atoms with E-state index in [1.54, 1.807) is 42.5 Å². The summed E-state index contributed by atoms with van der Waals surface area (Å²) in [7, 11) is 0. The van der Waals surface area contributed by atoms with Gasteiger partial charge in [0.1, 0.15) is 24.5 Å². The van der Waals surface area contributed by atoms with E-state index in [-0.39, 0.29) is 18.2 Å². The zero-order valence-corrected chi connectivity index (χ0v) is 19.9. The molecule has 3 atom stereocenters. The molecule has 1 aromatic heterocycles. The molecule has 12 heteroatoms. The van der Waals surface area contributed by atoms with Crippen molar-refractivity contribution in [3.8, 4) is 0 Å². The molecule has 7 nitrogen and oxygen atoms in total. The number of rotatable bonds is 7. The Balaban J connectivity index is 1.35. The van der Waals surface area contributed by atoms with Crippen LogP contribution in [0.3, 0.4) is 0 Å². The number of nitrogens with zero attached hydrogens (tertiary/aromatic N) is 3. The minimum Gasteiger partial charge on any atom is -0.417 e. The summed E-state index contributed by atoms with van der Waals surface area (Å²) in [6, 6.07) is 11.6. The zero-order chi connectivity index (χ0) is 27.0. The first-order valence-corrected chi connectivity index (χ1v) is 12.1. The molecule has 1 aliphatic heterocycles. The zero-order valence-electron chi connectivity index (χ0n) is 19.9. The van der Waals surface area contributed by atoms with E-state index >= 15 is 0 Å². The number of aromatic nitrogens is 2. The predicted octanol–water partition coefficient (Wildman–Crippen LogP) is 4.49. The number of hydrogen-bond donors (Lipinski definition) is 1. The quantitative estimate of drug-likeness (QED) is 0.452. The SMILES string of the molecule is O=C(NC(c1ccccc1)c1ccc(C2CC2)c(F)c1)C1CC(F)CN1C(=O)Cc1nnc(C(F)(F)F)o1. The van der Waals surface area contributed by atoms with Gasteiger partial charge in [-0.3, -0.25) is 9.59 Å². The van der Waals surface area contributed by atoms with Crippen LogP contribution in [-0.2, 0) is 22.2 Å². The van der Waals surface area contributed by atoms with E-state index in [1.807, 2.05) is 0 Å². The molecule has 0 radical (unpaired) electrons. The van der Waals surface area contributed by atoms with Crippen LogP contribution in [-0.4, -0.2) is 45.7 Å². The van der Waals surface area contributed by atoms with Gasteiger partial charge in [-0.05, 0) is 41.5 Å². The van der Waals surface area contributed by atoms with Crippen molar-refractivity contribution in [1.82, 2.24) is 20.4 Å². The second kappa shape index (κ2) is 10.1. The highest BCUT2D eigenvalue weighted by Crippen LogP contribution is 2.42. The maximum Gasteiger partial charge on any atom is 0.470 e. The molecule has 2 amide bonds. The molecule has 2 fully saturated rings. The van der Waals surface area contributed by atoms with Gasteiger partial charge in [-0.2, -0.15) is 13.2 Å². The third-order valence-electron chi connectivity index (χ3n) is 6.68. The Hall–Kier alpha value is -3.83. The third-order valence-corrected chi connectivity index (χ3v) is 6.68. The van der Waals surface area contributed by atoms with Crippen molar-refractivity contribution in [2.24, 2.45) is 0 Å². The van der Waals surface area contributed by atoms with Crippen molar-refractivity contribution in [2.75, 3.05) is 6.54 Å². The van der Waals surface area contributed by atoms with Crippen LogP contribution < -0.4 is 5.32 Å². The summed E-state index contributed by atoms with van der Waals surface area (Å²) < 4.78 is 71.9. The first-order chi connectivity index (χ1) is 18.1. The average Bonchev–Trinajstić information content (AvgIpc) is 3.46. The van der Waals surface area contributed by atoms with E-state index in [1.165, 1.54) is 6.07 Å². The van der Waals surface area contributed by atoms with Crippen molar-refractivity contribution in [3.63, 3.8) is 0 Å². The van der Waals surface area contributed by atoms with E-state index in [0.29, 0.717) is 16.7 Å². The number of benzene rings is 2. The highest BCUT2D eigenvalue weighted by Gasteiger charge is 2.42. The maximum atomic E-state index is 14.9. The third kappa shape index (κ3) is 5.53. The smallest absolute Gasteiger partial charge is 0.417 e. The van der Waals surface area contributed by atoms with Crippen LogP contribution in [0.1, 0.15) is 59.7 Å². The Labute approximate surface area is 214 Å². The number of alkyl halides is 4. The van der Waals surface area contributed by atoms with Gasteiger partial charge >= 0.3 is 12.1 Å². The molecule has 200 valence electrons. The van der Waals surface area contributed by atoms with Crippen molar-refractivity contribution in [3.05, 3.63) is 82.8 Å². The number of likely N-dealkylation sites (tertiary alicyclic amines) is 1. The van der Waals surface area contributed by atoms with Crippen molar-refractivity contribution >= 4 is 11.8 Å². The van der Waals surface area contributed by atoms with Crippen LogP contribution in [0, 0.1) is 5.82 Å². The summed E-state index contributed by atoms with van der Waals surface area (Å²) in [5, 5.41) is 8.91. The summed E-state index contributed by atoms with van der Waals surface area (Å²) >= 11 is 0. The molecule has 2 aromatic carbocycles. The molecule has 3 unspecified atom stereocenters. The lowest BCUT2D eigenvalue weighted by Crippen LogP contribution is -2.47. The van der Waals surface area contributed by atoms with E-state index < -0.39 is 61.0 Å². The molecule has 2 heterocycles. The molecule has 0 spiro atoms. The number of halogens is 5. The monoisotopic (exact) mass is 534 g/mol. The molecule has 5 rings (SSSR count). The van der Waals surface area contributed by atoms with Gasteiger partial charge in [-0.1, -0.05) is 42.5 Å². The van der Waals surface area contributed by atoms with Crippen LogP contribution in [0.5, 0.6) is 0 Å². The molecule has 1 saturated carbocycles. The summed E-state index contributed by atoms with van der Waals surface area (Å²) in [6.45, 7) is -0.419. The summed E-state index contributed by atoms with van der Waals surface area (Å²) in [5.74, 6) is -3.90. The van der Waals surface area contributed by atoms with E-state index in [9.17, 15) is 31.5 Å². The van der Waals surface area contributed by atoms with Gasteiger partial charge in [0, 0.05) is 6.42 Å². The van der Waals surface area contributed by atoms with Gasteiger partial charge in [0.05, 0.1) is 12.6 Å². The first kappa shape index (κ1) is 25.8. The fourth-order valence-electron chi connectivity index (χ4n) is 4.67. The Morgan fingerprint density at radius 3 is 2.45 bits per heavy atom. The number of nitrogens with one attached hydrogen (secondary N) is 1. The van der Waals surface area contributed by atoms with Crippen molar-refractivity contribution < 1.29 is 36.0 Å². The highest BCUT2D eigenvalue weighted by atomic mass is 19.4. The second-order valence-electron chi connectivity index (χ2n) is 9.48. The van der Waals surface area contributed by atoms with Crippen LogP contribution in [0.4, 0.5) is 22.0 Å². The van der Waals surface area contributed by atoms with Gasteiger partial charge in [-0.15, -0.1) is 10.2 Å². The Morgan fingerprint density at radius 2 is 1.82 bits per heavy atom. The van der Waals surface area contributed by atoms with E-state index in [2.05, 4.69) is 19.9 Å². The van der Waals surface area contributed by atoms with Gasteiger partial charge < -0.3 is 14.6 Å². The van der Waals surface area contributed by atoms with Gasteiger partial charge in [-0.25, -0.2) is 8.78 Å². The summed E-state index contributed by atoms with van der Waals surface area (Å²) in [4.78, 5) is 27.1. The summed E-state index contributed by atoms with van der Waals surface area (Å²) in [6.07, 6.45) is -5.58. The lowest BCUT2D eigenvalue weighted by atomic mass is 9.96. The van der Waals surface area contributed by atoms with E-state index in [0.717, 1.165) is 17.7 Å². The molecule has 0 bridgehead atoms. The lowest BCUT2D eigenvalue weighted by molar-refractivity contribution is -0.157. The fraction of sp³-hybridized carbons (Fsp3) is 0.385. The Bertz CT molecular complexity index is 1330. The number of carbonyl (C=O) groups is 2. The van der Waals surface area contributed by atoms with E-state index in [4.69, 9.17) is 0 Å². The highest BCUT2D eigenvalue weighted by molar-refractivity contribution is 5.89. The molecule has 2 aliphatic rings. The molecule has 1 N–H and O–H groups in total. The molecule has 3 aromatic rings. The standard InChI is InChI=1S/C26H23F5N4O3/c27-17-11-20(35(13-17)22(36)12-21-33-34-25(38-21)26(29,30)31)24(37)32-23(15-4-2-1-3-5-15)16-8-9-18(14-6-7-14)19(28)10-16/h1-5,8-10,14,17,20,23H,6-7,11-13H2,(H,32,37). The molecule has 1 saturated heterocycles. The normalized spacial score (nSPS) is 20.4. The number of carbonyl (C=O) groups excluding carboxylic acids is 2. The van der Waals surface area contributed by atoms with Crippen LogP contribution in [0.25, 0.3) is 0 Å².